The largest absolute Gasteiger partial charge is 0.493 e. The van der Waals surface area contributed by atoms with Crippen LogP contribution in [0.2, 0.25) is 10.3 Å². The van der Waals surface area contributed by atoms with E-state index in [0.717, 1.165) is 20.4 Å². The molecule has 0 saturated heterocycles. The van der Waals surface area contributed by atoms with Crippen LogP contribution in [0.4, 0.5) is 23.1 Å². The molecular formula is C34H33Cl2IN10O4. The Balaban J connectivity index is 0.000000189. The van der Waals surface area contributed by atoms with E-state index >= 15 is 0 Å². The summed E-state index contributed by atoms with van der Waals surface area (Å²) in [4.78, 5) is 24.6. The first kappa shape index (κ1) is 38.4. The van der Waals surface area contributed by atoms with Crippen molar-refractivity contribution in [2.75, 3.05) is 51.4 Å². The number of benzene rings is 3. The van der Waals surface area contributed by atoms with Crippen LogP contribution in [-0.2, 0) is 0 Å². The monoisotopic (exact) mass is 842 g/mol. The van der Waals surface area contributed by atoms with Gasteiger partial charge in [-0.3, -0.25) is 0 Å². The Morgan fingerprint density at radius 3 is 1.39 bits per heavy atom. The molecule has 0 amide bonds. The Morgan fingerprint density at radius 1 is 0.510 bits per heavy atom. The second kappa shape index (κ2) is 18.0. The fraction of sp³-hybridized carbons (Fsp3) is 0.118. The van der Waals surface area contributed by atoms with Crippen LogP contribution < -0.4 is 41.9 Å². The maximum absolute atomic E-state index is 5.99. The van der Waals surface area contributed by atoms with Crippen LogP contribution in [0.25, 0.3) is 33.8 Å². The number of ether oxygens (including phenoxy) is 4. The minimum absolute atomic E-state index is 0.183. The first-order chi connectivity index (χ1) is 24.5. The van der Waals surface area contributed by atoms with Crippen molar-refractivity contribution in [3.8, 4) is 56.8 Å². The molecule has 51 heavy (non-hydrogen) atoms. The van der Waals surface area contributed by atoms with Crippen LogP contribution in [0, 0.1) is 3.70 Å². The highest BCUT2D eigenvalue weighted by Crippen LogP contribution is 2.34. The van der Waals surface area contributed by atoms with Gasteiger partial charge in [-0.05, 0) is 71.1 Å². The van der Waals surface area contributed by atoms with Crippen molar-refractivity contribution in [2.24, 2.45) is 0 Å². The number of nitrogens with zero attached hydrogens (tertiary/aromatic N) is 6. The first-order valence-electron chi connectivity index (χ1n) is 14.6. The molecule has 8 N–H and O–H groups in total. The summed E-state index contributed by atoms with van der Waals surface area (Å²) >= 11 is 13.4. The molecule has 0 spiro atoms. The van der Waals surface area contributed by atoms with Gasteiger partial charge in [0.25, 0.3) is 0 Å². The average Bonchev–Trinajstić information content (AvgIpc) is 3.15. The molecule has 0 aliphatic carbocycles. The number of hydrogen-bond donors (Lipinski definition) is 4. The molecule has 3 aromatic carbocycles. The lowest BCUT2D eigenvalue weighted by atomic mass is 10.1. The summed E-state index contributed by atoms with van der Waals surface area (Å²) in [5.41, 5.74) is 27.7. The summed E-state index contributed by atoms with van der Waals surface area (Å²) < 4.78 is 21.7. The Kier molecular flexibility index (Phi) is 13.6. The van der Waals surface area contributed by atoms with E-state index in [9.17, 15) is 0 Å². The van der Waals surface area contributed by atoms with Crippen molar-refractivity contribution in [1.29, 1.82) is 0 Å². The molecular weight excluding hydrogens is 810 g/mol. The summed E-state index contributed by atoms with van der Waals surface area (Å²) in [6, 6.07) is 18.4. The standard InChI is InChI=1S/C18H18N4O2.C12H12ClN3O2.C4H3ClIN3/c1-23-15-8-5-12(9-16(15)24-2)14-10-21-18(20)17(22-14)11-3-6-13(19)7-4-11;1-17-9-4-3-7(5-10(9)18-2)8-6-15-12(14)11(13)16-8;5-3-4(7)8-1-2(6)9-3/h3-10H,19H2,1-2H3,(H2,20,21);3-6H,1-2H3,(H2,14,15);1H,(H2,7,8). The summed E-state index contributed by atoms with van der Waals surface area (Å²) in [5, 5.41) is 0.448. The van der Waals surface area contributed by atoms with Crippen LogP contribution >= 0.6 is 45.8 Å². The normalized spacial score (nSPS) is 10.2. The molecule has 3 heterocycles. The third-order valence-corrected chi connectivity index (χ3v) is 7.90. The molecule has 0 bridgehead atoms. The van der Waals surface area contributed by atoms with Gasteiger partial charge < -0.3 is 41.9 Å². The van der Waals surface area contributed by atoms with Crippen molar-refractivity contribution < 1.29 is 18.9 Å². The zero-order valence-electron chi connectivity index (χ0n) is 27.8. The van der Waals surface area contributed by atoms with Crippen molar-refractivity contribution in [3.05, 3.63) is 93.3 Å². The summed E-state index contributed by atoms with van der Waals surface area (Å²) in [6.07, 6.45) is 4.75. The summed E-state index contributed by atoms with van der Waals surface area (Å²) in [5.74, 6) is 3.40. The SMILES string of the molecule is COc1ccc(-c2cnc(N)c(-c3ccc(N)cc3)n2)cc1OC.COc1ccc(-c2cnc(N)c(Cl)n2)cc1OC.Nc1ncc(I)nc1Cl. The molecule has 6 rings (SSSR count). The molecule has 264 valence electrons. The van der Waals surface area contributed by atoms with Gasteiger partial charge in [-0.1, -0.05) is 35.3 Å². The lowest BCUT2D eigenvalue weighted by molar-refractivity contribution is 0.355. The number of nitrogens with two attached hydrogens (primary N) is 4. The van der Waals surface area contributed by atoms with Gasteiger partial charge in [0.2, 0.25) is 0 Å². The number of nitrogen functional groups attached to an aromatic ring is 4. The number of halogens is 3. The molecule has 0 radical (unpaired) electrons. The van der Waals surface area contributed by atoms with Gasteiger partial charge in [-0.25, -0.2) is 29.9 Å². The average molecular weight is 844 g/mol. The zero-order chi connectivity index (χ0) is 37.1. The maximum atomic E-state index is 5.99. The minimum Gasteiger partial charge on any atom is -0.493 e. The second-order valence-corrected chi connectivity index (χ2v) is 11.9. The van der Waals surface area contributed by atoms with Gasteiger partial charge in [0.15, 0.2) is 44.9 Å². The molecule has 0 aliphatic heterocycles. The lowest BCUT2D eigenvalue weighted by Gasteiger charge is -2.11. The maximum Gasteiger partial charge on any atom is 0.172 e. The quantitative estimate of drug-likeness (QED) is 0.0971. The zero-order valence-corrected chi connectivity index (χ0v) is 31.4. The first-order valence-corrected chi connectivity index (χ1v) is 16.5. The highest BCUT2D eigenvalue weighted by molar-refractivity contribution is 14.1. The van der Waals surface area contributed by atoms with Gasteiger partial charge in [-0.2, -0.15) is 0 Å². The van der Waals surface area contributed by atoms with Gasteiger partial charge in [-0.15, -0.1) is 0 Å². The van der Waals surface area contributed by atoms with Gasteiger partial charge in [0.05, 0.1) is 58.4 Å². The predicted molar refractivity (Wildman–Crippen MR) is 209 cm³/mol. The Hall–Kier alpha value is -5.39. The number of hydrogen-bond acceptors (Lipinski definition) is 14. The molecule has 0 unspecified atom stereocenters. The fourth-order valence-corrected chi connectivity index (χ4v) is 5.06. The van der Waals surface area contributed by atoms with Crippen molar-refractivity contribution in [2.45, 2.75) is 0 Å². The van der Waals surface area contributed by atoms with E-state index in [0.29, 0.717) is 51.6 Å². The van der Waals surface area contributed by atoms with E-state index in [1.807, 2.05) is 59.0 Å². The van der Waals surface area contributed by atoms with Gasteiger partial charge in [0.1, 0.15) is 15.2 Å². The Morgan fingerprint density at radius 2 is 0.941 bits per heavy atom. The number of methoxy groups -OCH3 is 4. The molecule has 0 aliphatic rings. The molecule has 17 heteroatoms. The van der Waals surface area contributed by atoms with E-state index < -0.39 is 0 Å². The van der Waals surface area contributed by atoms with E-state index in [1.54, 1.807) is 71.3 Å². The third-order valence-electron chi connectivity index (χ3n) is 6.83. The summed E-state index contributed by atoms with van der Waals surface area (Å²) in [7, 11) is 6.34. The molecule has 0 fully saturated rings. The van der Waals surface area contributed by atoms with E-state index in [1.165, 1.54) is 0 Å². The number of aromatic nitrogens is 6. The molecule has 0 saturated carbocycles. The van der Waals surface area contributed by atoms with Crippen LogP contribution in [0.3, 0.4) is 0 Å². The highest BCUT2D eigenvalue weighted by Gasteiger charge is 2.12. The third kappa shape index (κ3) is 10.1. The summed E-state index contributed by atoms with van der Waals surface area (Å²) in [6.45, 7) is 0. The second-order valence-electron chi connectivity index (χ2n) is 10.1. The lowest BCUT2D eigenvalue weighted by Crippen LogP contribution is -1.99. The molecule has 6 aromatic rings. The minimum atomic E-state index is 0.183. The van der Waals surface area contributed by atoms with E-state index in [4.69, 9.17) is 65.1 Å². The Bertz CT molecular complexity index is 2110. The smallest absolute Gasteiger partial charge is 0.172 e. The predicted octanol–water partition coefficient (Wildman–Crippen LogP) is 6.71. The number of rotatable bonds is 7. The molecule has 14 nitrogen and oxygen atoms in total. The topological polar surface area (TPSA) is 218 Å². The molecule has 0 atom stereocenters. The van der Waals surface area contributed by atoms with E-state index in [-0.39, 0.29) is 21.9 Å². The Labute approximate surface area is 317 Å². The van der Waals surface area contributed by atoms with Crippen LogP contribution in [0.1, 0.15) is 0 Å². The van der Waals surface area contributed by atoms with Crippen molar-refractivity contribution in [3.63, 3.8) is 0 Å². The van der Waals surface area contributed by atoms with Gasteiger partial charge >= 0.3 is 0 Å². The molecule has 3 aromatic heterocycles. The highest BCUT2D eigenvalue weighted by atomic mass is 127. The number of anilines is 4. The van der Waals surface area contributed by atoms with E-state index in [2.05, 4.69) is 29.9 Å². The van der Waals surface area contributed by atoms with Crippen LogP contribution in [0.15, 0.2) is 79.3 Å². The van der Waals surface area contributed by atoms with Gasteiger partial charge in [0, 0.05) is 22.4 Å². The van der Waals surface area contributed by atoms with Crippen molar-refractivity contribution >= 4 is 68.9 Å². The van der Waals surface area contributed by atoms with Crippen LogP contribution in [0.5, 0.6) is 23.0 Å². The van der Waals surface area contributed by atoms with Crippen molar-refractivity contribution in [1.82, 2.24) is 29.9 Å². The fourth-order valence-electron chi connectivity index (χ4n) is 4.25. The van der Waals surface area contributed by atoms with Crippen LogP contribution in [-0.4, -0.2) is 58.3 Å².